The van der Waals surface area contributed by atoms with Crippen molar-refractivity contribution < 1.29 is 4.79 Å². The van der Waals surface area contributed by atoms with Crippen molar-refractivity contribution >= 4 is 30.1 Å². The second-order valence-electron chi connectivity index (χ2n) is 7.60. The number of aliphatic imine (C=N–C) groups is 1. The second-order valence-corrected chi connectivity index (χ2v) is 7.60. The number of hydrogen-bond acceptors (Lipinski definition) is 5. The van der Waals surface area contributed by atoms with E-state index in [0.29, 0.717) is 11.3 Å². The molecule has 0 aliphatic carbocycles. The van der Waals surface area contributed by atoms with Gasteiger partial charge in [0.05, 0.1) is 11.3 Å². The highest BCUT2D eigenvalue weighted by atomic mass is 16.1. The first kappa shape index (κ1) is 21.6. The van der Waals surface area contributed by atoms with Gasteiger partial charge < -0.3 is 15.1 Å². The van der Waals surface area contributed by atoms with Gasteiger partial charge in [-0.3, -0.25) is 9.79 Å². The number of nitrogens with zero attached hydrogens (tertiary/aromatic N) is 4. The molecule has 0 saturated carbocycles. The SMILES string of the molecule is C=Nc1c(C#N)ccc(N2CCC(C(=O)NC(C)CN(C)C)CC2)c1/C=C\C. The first-order chi connectivity index (χ1) is 13.4. The van der Waals surface area contributed by atoms with Crippen LogP contribution in [0.15, 0.2) is 23.2 Å². The molecule has 1 unspecified atom stereocenters. The highest BCUT2D eigenvalue weighted by Crippen LogP contribution is 2.35. The van der Waals surface area contributed by atoms with Crippen LogP contribution in [0.5, 0.6) is 0 Å². The number of carbonyl (C=O) groups excluding carboxylic acids is 1. The summed E-state index contributed by atoms with van der Waals surface area (Å²) in [6.07, 6.45) is 5.54. The molecule has 1 aromatic rings. The Morgan fingerprint density at radius 3 is 2.68 bits per heavy atom. The number of amides is 1. The number of benzene rings is 1. The van der Waals surface area contributed by atoms with E-state index < -0.39 is 0 Å². The van der Waals surface area contributed by atoms with Gasteiger partial charge in [-0.25, -0.2) is 0 Å². The molecule has 2 rings (SSSR count). The molecule has 6 nitrogen and oxygen atoms in total. The Morgan fingerprint density at radius 2 is 2.14 bits per heavy atom. The van der Waals surface area contributed by atoms with Crippen molar-refractivity contribution in [2.75, 3.05) is 38.6 Å². The molecule has 1 saturated heterocycles. The maximum absolute atomic E-state index is 12.6. The van der Waals surface area contributed by atoms with Crippen molar-refractivity contribution in [2.45, 2.75) is 32.7 Å². The number of piperidine rings is 1. The van der Waals surface area contributed by atoms with Crippen molar-refractivity contribution in [3.8, 4) is 6.07 Å². The van der Waals surface area contributed by atoms with E-state index in [4.69, 9.17) is 0 Å². The monoisotopic (exact) mass is 381 g/mol. The molecule has 0 bridgehead atoms. The van der Waals surface area contributed by atoms with Gasteiger partial charge in [0.1, 0.15) is 6.07 Å². The Balaban J connectivity index is 2.10. The number of hydrogen-bond donors (Lipinski definition) is 1. The number of likely N-dealkylation sites (N-methyl/N-ethyl adjacent to an activating group) is 1. The van der Waals surface area contributed by atoms with Crippen LogP contribution in [0.4, 0.5) is 11.4 Å². The summed E-state index contributed by atoms with van der Waals surface area (Å²) in [5.41, 5.74) is 3.10. The van der Waals surface area contributed by atoms with E-state index >= 15 is 0 Å². The Labute approximate surface area is 168 Å². The molecule has 1 atom stereocenters. The summed E-state index contributed by atoms with van der Waals surface area (Å²) in [5, 5.41) is 12.5. The van der Waals surface area contributed by atoms with Crippen LogP contribution in [0.3, 0.4) is 0 Å². The second kappa shape index (κ2) is 10.0. The van der Waals surface area contributed by atoms with Gasteiger partial charge in [-0.2, -0.15) is 5.26 Å². The molecule has 1 N–H and O–H groups in total. The number of carbonyl (C=O) groups is 1. The topological polar surface area (TPSA) is 71.7 Å². The molecule has 28 heavy (non-hydrogen) atoms. The van der Waals surface area contributed by atoms with Gasteiger partial charge >= 0.3 is 0 Å². The molecule has 0 spiro atoms. The highest BCUT2D eigenvalue weighted by Gasteiger charge is 2.27. The third kappa shape index (κ3) is 5.20. The molecule has 6 heteroatoms. The van der Waals surface area contributed by atoms with E-state index in [2.05, 4.69) is 32.9 Å². The van der Waals surface area contributed by atoms with Crippen molar-refractivity contribution in [2.24, 2.45) is 10.9 Å². The number of rotatable bonds is 7. The first-order valence-corrected chi connectivity index (χ1v) is 9.77. The van der Waals surface area contributed by atoms with Gasteiger partial charge in [0, 0.05) is 42.8 Å². The highest BCUT2D eigenvalue weighted by molar-refractivity contribution is 5.82. The normalized spacial score (nSPS) is 16.2. The number of nitrogens with one attached hydrogen (secondary N) is 1. The summed E-state index contributed by atoms with van der Waals surface area (Å²) in [4.78, 5) is 21.0. The molecule has 1 aliphatic heterocycles. The van der Waals surface area contributed by atoms with Gasteiger partial charge in [0.25, 0.3) is 0 Å². The number of anilines is 1. The standard InChI is InChI=1S/C22H31N5O/c1-6-7-19-20(9-8-18(14-23)21(19)24-3)27-12-10-17(11-13-27)22(28)25-16(2)15-26(4)5/h6-9,16-17H,3,10-13,15H2,1-2,4-5H3,(H,25,28)/b7-6-. The molecule has 1 aliphatic rings. The lowest BCUT2D eigenvalue weighted by atomic mass is 9.94. The fourth-order valence-corrected chi connectivity index (χ4v) is 3.80. The zero-order chi connectivity index (χ0) is 20.7. The van der Waals surface area contributed by atoms with E-state index in [0.717, 1.165) is 43.7 Å². The minimum Gasteiger partial charge on any atom is -0.371 e. The number of nitriles is 1. The number of allylic oxidation sites excluding steroid dienone is 1. The molecule has 1 fully saturated rings. The lowest BCUT2D eigenvalue weighted by Gasteiger charge is -2.34. The van der Waals surface area contributed by atoms with Crippen LogP contribution in [-0.4, -0.2) is 57.3 Å². The van der Waals surface area contributed by atoms with Crippen LogP contribution in [0.25, 0.3) is 6.08 Å². The summed E-state index contributed by atoms with van der Waals surface area (Å²) in [6, 6.07) is 6.10. The van der Waals surface area contributed by atoms with E-state index in [1.165, 1.54) is 0 Å². The maximum Gasteiger partial charge on any atom is 0.223 e. The smallest absolute Gasteiger partial charge is 0.223 e. The fraction of sp³-hybridized carbons (Fsp3) is 0.500. The Morgan fingerprint density at radius 1 is 1.46 bits per heavy atom. The van der Waals surface area contributed by atoms with Gasteiger partial charge in [-0.15, -0.1) is 0 Å². The van der Waals surface area contributed by atoms with Crippen LogP contribution >= 0.6 is 0 Å². The van der Waals surface area contributed by atoms with Crippen LogP contribution in [0, 0.1) is 17.2 Å². The molecular formula is C22H31N5O. The minimum absolute atomic E-state index is 0.0430. The Hall–Kier alpha value is -2.65. The van der Waals surface area contributed by atoms with E-state index in [9.17, 15) is 10.1 Å². The van der Waals surface area contributed by atoms with Gasteiger partial charge in [-0.05, 0) is 59.6 Å². The predicted octanol–water partition coefficient (Wildman–Crippen LogP) is 3.21. The van der Waals surface area contributed by atoms with Crippen LogP contribution in [0.1, 0.15) is 37.8 Å². The summed E-state index contributed by atoms with van der Waals surface area (Å²) in [7, 11) is 4.01. The lowest BCUT2D eigenvalue weighted by Crippen LogP contribution is -2.45. The van der Waals surface area contributed by atoms with Crippen LogP contribution < -0.4 is 10.2 Å². The summed E-state index contributed by atoms with van der Waals surface area (Å²) >= 11 is 0. The fourth-order valence-electron chi connectivity index (χ4n) is 3.80. The van der Waals surface area contributed by atoms with Crippen LogP contribution in [-0.2, 0) is 4.79 Å². The van der Waals surface area contributed by atoms with Crippen molar-refractivity contribution in [3.05, 3.63) is 29.3 Å². The summed E-state index contributed by atoms with van der Waals surface area (Å²) < 4.78 is 0. The molecule has 1 amide bonds. The van der Waals surface area contributed by atoms with E-state index in [1.807, 2.05) is 46.2 Å². The first-order valence-electron chi connectivity index (χ1n) is 9.77. The predicted molar refractivity (Wildman–Crippen MR) is 116 cm³/mol. The van der Waals surface area contributed by atoms with Crippen molar-refractivity contribution in [3.63, 3.8) is 0 Å². The zero-order valence-corrected chi connectivity index (χ0v) is 17.4. The molecule has 150 valence electrons. The Bertz CT molecular complexity index is 770. The zero-order valence-electron chi connectivity index (χ0n) is 17.4. The summed E-state index contributed by atoms with van der Waals surface area (Å²) in [6.45, 7) is 10.1. The molecule has 0 aromatic heterocycles. The quantitative estimate of drug-likeness (QED) is 0.736. The molecule has 1 aromatic carbocycles. The third-order valence-corrected chi connectivity index (χ3v) is 5.04. The lowest BCUT2D eigenvalue weighted by molar-refractivity contribution is -0.126. The minimum atomic E-state index is 0.0430. The Kier molecular flexibility index (Phi) is 7.77. The molecular weight excluding hydrogens is 350 g/mol. The largest absolute Gasteiger partial charge is 0.371 e. The van der Waals surface area contributed by atoms with Crippen molar-refractivity contribution in [1.29, 1.82) is 5.26 Å². The third-order valence-electron chi connectivity index (χ3n) is 5.04. The van der Waals surface area contributed by atoms with E-state index in [1.54, 1.807) is 6.07 Å². The van der Waals surface area contributed by atoms with Gasteiger partial charge in [-0.1, -0.05) is 12.2 Å². The van der Waals surface area contributed by atoms with Crippen molar-refractivity contribution in [1.82, 2.24) is 10.2 Å². The maximum atomic E-state index is 12.6. The van der Waals surface area contributed by atoms with E-state index in [-0.39, 0.29) is 17.9 Å². The summed E-state index contributed by atoms with van der Waals surface area (Å²) in [5.74, 6) is 0.192. The molecule has 1 heterocycles. The average Bonchev–Trinajstić information content (AvgIpc) is 2.67. The van der Waals surface area contributed by atoms with Gasteiger partial charge in [0.2, 0.25) is 5.91 Å². The van der Waals surface area contributed by atoms with Crippen LogP contribution in [0.2, 0.25) is 0 Å². The van der Waals surface area contributed by atoms with Gasteiger partial charge in [0.15, 0.2) is 0 Å². The molecule has 0 radical (unpaired) electrons. The average molecular weight is 382 g/mol.